The standard InChI is InChI=1S/C20H26N2O4S/c1-6-14-9-8-10-15(7-2)19(14)21-20(23)17-13-16(11-12-18(17)26-4)22(3)27(5,24)25/h8-13H,6-7H2,1-5H3,(H,21,23). The van der Waals surface area contributed by atoms with Gasteiger partial charge >= 0.3 is 0 Å². The third-order valence-electron chi connectivity index (χ3n) is 4.53. The van der Waals surface area contributed by atoms with E-state index in [1.165, 1.54) is 20.2 Å². The lowest BCUT2D eigenvalue weighted by Gasteiger charge is -2.19. The zero-order valence-electron chi connectivity index (χ0n) is 16.4. The average molecular weight is 391 g/mol. The van der Waals surface area contributed by atoms with Gasteiger partial charge in [-0.15, -0.1) is 0 Å². The van der Waals surface area contributed by atoms with Gasteiger partial charge in [-0.05, 0) is 42.2 Å². The summed E-state index contributed by atoms with van der Waals surface area (Å²) in [4.78, 5) is 13.0. The number of sulfonamides is 1. The fraction of sp³-hybridized carbons (Fsp3) is 0.350. The molecule has 2 aromatic rings. The molecule has 0 aromatic heterocycles. The third-order valence-corrected chi connectivity index (χ3v) is 5.73. The van der Waals surface area contributed by atoms with Crippen LogP contribution < -0.4 is 14.4 Å². The summed E-state index contributed by atoms with van der Waals surface area (Å²) < 4.78 is 30.1. The number of methoxy groups -OCH3 is 1. The minimum atomic E-state index is -3.44. The Labute approximate surface area is 161 Å². The SMILES string of the molecule is CCc1cccc(CC)c1NC(=O)c1cc(N(C)S(C)(=O)=O)ccc1OC. The summed E-state index contributed by atoms with van der Waals surface area (Å²) in [5.74, 6) is 0.0383. The summed E-state index contributed by atoms with van der Waals surface area (Å²) in [5.41, 5.74) is 3.56. The number of ether oxygens (including phenoxy) is 1. The summed E-state index contributed by atoms with van der Waals surface area (Å²) in [7, 11) is -0.517. The van der Waals surface area contributed by atoms with Gasteiger partial charge < -0.3 is 10.1 Å². The Morgan fingerprint density at radius 1 is 1.11 bits per heavy atom. The monoisotopic (exact) mass is 390 g/mol. The van der Waals surface area contributed by atoms with Crippen molar-refractivity contribution in [2.45, 2.75) is 26.7 Å². The van der Waals surface area contributed by atoms with Crippen molar-refractivity contribution < 1.29 is 17.9 Å². The molecule has 27 heavy (non-hydrogen) atoms. The number of benzene rings is 2. The number of amides is 1. The second-order valence-electron chi connectivity index (χ2n) is 6.23. The van der Waals surface area contributed by atoms with Crippen molar-refractivity contribution in [1.29, 1.82) is 0 Å². The Hall–Kier alpha value is -2.54. The molecule has 2 aromatic carbocycles. The number of hydrogen-bond donors (Lipinski definition) is 1. The molecule has 6 nitrogen and oxygen atoms in total. The van der Waals surface area contributed by atoms with Gasteiger partial charge in [0.25, 0.3) is 5.91 Å². The highest BCUT2D eigenvalue weighted by Crippen LogP contribution is 2.28. The number of carbonyl (C=O) groups excluding carboxylic acids is 1. The van der Waals surface area contributed by atoms with Gasteiger partial charge in [0.15, 0.2) is 0 Å². The van der Waals surface area contributed by atoms with Gasteiger partial charge in [-0.1, -0.05) is 32.0 Å². The minimum Gasteiger partial charge on any atom is -0.496 e. The second kappa shape index (κ2) is 8.43. The second-order valence-corrected chi connectivity index (χ2v) is 8.24. The van der Waals surface area contributed by atoms with Crippen LogP contribution in [0.25, 0.3) is 0 Å². The molecule has 0 bridgehead atoms. The number of nitrogens with one attached hydrogen (secondary N) is 1. The molecule has 0 unspecified atom stereocenters. The smallest absolute Gasteiger partial charge is 0.259 e. The molecule has 1 amide bonds. The Balaban J connectivity index is 2.47. The van der Waals surface area contributed by atoms with Crippen molar-refractivity contribution >= 4 is 27.3 Å². The number of anilines is 2. The van der Waals surface area contributed by atoms with E-state index in [-0.39, 0.29) is 11.5 Å². The Morgan fingerprint density at radius 2 is 1.70 bits per heavy atom. The zero-order chi connectivity index (χ0) is 20.2. The molecule has 7 heteroatoms. The van der Waals surface area contributed by atoms with Crippen LogP contribution in [0.5, 0.6) is 5.75 Å². The number of aryl methyl sites for hydroxylation is 2. The fourth-order valence-electron chi connectivity index (χ4n) is 2.84. The van der Waals surface area contributed by atoms with Crippen LogP contribution in [0.3, 0.4) is 0 Å². The maximum Gasteiger partial charge on any atom is 0.259 e. The van der Waals surface area contributed by atoms with Crippen molar-refractivity contribution in [3.8, 4) is 5.75 Å². The molecule has 0 spiro atoms. The largest absolute Gasteiger partial charge is 0.496 e. The molecule has 0 fully saturated rings. The van der Waals surface area contributed by atoms with Gasteiger partial charge in [0, 0.05) is 12.7 Å². The maximum atomic E-state index is 13.0. The fourth-order valence-corrected chi connectivity index (χ4v) is 3.34. The summed E-state index contributed by atoms with van der Waals surface area (Å²) in [6, 6.07) is 10.7. The summed E-state index contributed by atoms with van der Waals surface area (Å²) in [5, 5.41) is 2.99. The molecule has 0 atom stereocenters. The molecule has 0 aliphatic rings. The van der Waals surface area contributed by atoms with Crippen molar-refractivity contribution in [2.24, 2.45) is 0 Å². The lowest BCUT2D eigenvalue weighted by molar-refractivity contribution is 0.102. The Kier molecular flexibility index (Phi) is 6.49. The van der Waals surface area contributed by atoms with E-state index in [9.17, 15) is 13.2 Å². The highest BCUT2D eigenvalue weighted by Gasteiger charge is 2.19. The van der Waals surface area contributed by atoms with E-state index in [0.717, 1.165) is 40.2 Å². The molecule has 0 saturated carbocycles. The predicted octanol–water partition coefficient (Wildman–Crippen LogP) is 3.47. The lowest BCUT2D eigenvalue weighted by Crippen LogP contribution is -2.25. The molecule has 0 aliphatic heterocycles. The van der Waals surface area contributed by atoms with Gasteiger partial charge in [0.2, 0.25) is 10.0 Å². The lowest BCUT2D eigenvalue weighted by atomic mass is 10.0. The van der Waals surface area contributed by atoms with Gasteiger partial charge in [-0.2, -0.15) is 0 Å². The quantitative estimate of drug-likeness (QED) is 0.785. The third kappa shape index (κ3) is 4.60. The molecular formula is C20H26N2O4S. The number of carbonyl (C=O) groups is 1. The van der Waals surface area contributed by atoms with Gasteiger partial charge in [0.1, 0.15) is 5.75 Å². The molecule has 1 N–H and O–H groups in total. The Morgan fingerprint density at radius 3 is 2.19 bits per heavy atom. The first-order chi connectivity index (χ1) is 12.7. The van der Waals surface area contributed by atoms with Gasteiger partial charge in [0.05, 0.1) is 24.6 Å². The van der Waals surface area contributed by atoms with E-state index in [4.69, 9.17) is 4.74 Å². The molecule has 0 saturated heterocycles. The molecule has 146 valence electrons. The molecule has 0 heterocycles. The summed E-state index contributed by atoms with van der Waals surface area (Å²) in [6.07, 6.45) is 2.69. The number of para-hydroxylation sites is 1. The average Bonchev–Trinajstić information content (AvgIpc) is 2.66. The van der Waals surface area contributed by atoms with Crippen LogP contribution in [0.1, 0.15) is 35.3 Å². The van der Waals surface area contributed by atoms with Crippen LogP contribution >= 0.6 is 0 Å². The van der Waals surface area contributed by atoms with Crippen LogP contribution in [0, 0.1) is 0 Å². The van der Waals surface area contributed by atoms with Crippen molar-refractivity contribution in [1.82, 2.24) is 0 Å². The molecule has 2 rings (SSSR count). The van der Waals surface area contributed by atoms with E-state index < -0.39 is 10.0 Å². The van der Waals surface area contributed by atoms with Crippen LogP contribution in [-0.2, 0) is 22.9 Å². The van der Waals surface area contributed by atoms with Crippen LogP contribution in [0.15, 0.2) is 36.4 Å². The first-order valence-corrected chi connectivity index (χ1v) is 10.6. The number of hydrogen-bond acceptors (Lipinski definition) is 4. The zero-order valence-corrected chi connectivity index (χ0v) is 17.2. The number of rotatable bonds is 7. The van der Waals surface area contributed by atoms with Gasteiger partial charge in [-0.25, -0.2) is 8.42 Å². The highest BCUT2D eigenvalue weighted by atomic mass is 32.2. The van der Waals surface area contributed by atoms with Crippen LogP contribution in [0.2, 0.25) is 0 Å². The van der Waals surface area contributed by atoms with Crippen molar-refractivity contribution in [2.75, 3.05) is 30.0 Å². The van der Waals surface area contributed by atoms with E-state index in [2.05, 4.69) is 5.32 Å². The minimum absolute atomic E-state index is 0.276. The van der Waals surface area contributed by atoms with E-state index in [1.54, 1.807) is 12.1 Å². The van der Waals surface area contributed by atoms with E-state index >= 15 is 0 Å². The molecule has 0 radical (unpaired) electrons. The number of nitrogens with zero attached hydrogens (tertiary/aromatic N) is 1. The van der Waals surface area contributed by atoms with Gasteiger partial charge in [-0.3, -0.25) is 9.10 Å². The van der Waals surface area contributed by atoms with Crippen LogP contribution in [-0.4, -0.2) is 34.7 Å². The van der Waals surface area contributed by atoms with E-state index in [0.29, 0.717) is 11.4 Å². The topological polar surface area (TPSA) is 75.7 Å². The Bertz CT molecular complexity index is 917. The predicted molar refractivity (Wildman–Crippen MR) is 109 cm³/mol. The van der Waals surface area contributed by atoms with Crippen molar-refractivity contribution in [3.63, 3.8) is 0 Å². The highest BCUT2D eigenvalue weighted by molar-refractivity contribution is 7.92. The molecular weight excluding hydrogens is 364 g/mol. The van der Waals surface area contributed by atoms with Crippen LogP contribution in [0.4, 0.5) is 11.4 Å². The molecule has 0 aliphatic carbocycles. The maximum absolute atomic E-state index is 13.0. The summed E-state index contributed by atoms with van der Waals surface area (Å²) >= 11 is 0. The van der Waals surface area contributed by atoms with E-state index in [1.807, 2.05) is 32.0 Å². The summed E-state index contributed by atoms with van der Waals surface area (Å²) in [6.45, 7) is 4.07. The first-order valence-electron chi connectivity index (χ1n) is 8.76. The normalized spacial score (nSPS) is 11.1. The van der Waals surface area contributed by atoms with Crippen molar-refractivity contribution in [3.05, 3.63) is 53.1 Å². The first kappa shape index (κ1) is 20.8.